The lowest BCUT2D eigenvalue weighted by atomic mass is 10.1. The largest absolute Gasteiger partial charge is 0.481 e. The summed E-state index contributed by atoms with van der Waals surface area (Å²) in [5.74, 6) is -16.2. The summed E-state index contributed by atoms with van der Waals surface area (Å²) in [4.78, 5) is 167. The Hall–Kier alpha value is -7.63. The molecule has 5 unspecified atom stereocenters. The molecule has 0 saturated heterocycles. The smallest absolute Gasteiger partial charge is 0.381 e. The van der Waals surface area contributed by atoms with Crippen LogP contribution in [0.2, 0.25) is 0 Å². The Morgan fingerprint density at radius 3 is 1.39 bits per heavy atom. The second-order valence-corrected chi connectivity index (χ2v) is 15.2. The number of unbranched alkanes of at least 4 members (excludes halogenated alkanes) is 1. The minimum atomic E-state index is -1.51. The van der Waals surface area contributed by atoms with Crippen LogP contribution in [0.15, 0.2) is 0 Å². The molecule has 0 rings (SSSR count). The number of methoxy groups -OCH3 is 2. The van der Waals surface area contributed by atoms with Crippen LogP contribution >= 0.6 is 0 Å². The summed E-state index contributed by atoms with van der Waals surface area (Å²) >= 11 is 0. The Labute approximate surface area is 456 Å². The summed E-state index contributed by atoms with van der Waals surface area (Å²) in [7, 11) is 4.23. The number of aliphatic hydroxyl groups excluding tert-OH is 5. The van der Waals surface area contributed by atoms with Crippen molar-refractivity contribution in [1.82, 2.24) is 0 Å². The standard InChI is InChI=1S/C33H50O22.C7H8O6.C4H6O4.2CH4O/c1-20(14-48-15-22(36)13-34)9-31(45)53-23(16-49-17-24(54-32(46)11-26(39)40)18-51-29(43)10-21(2)35)19-52-30(44)12-33(47)55-28(42)5-3-4-8-50-27(41)7-6-25(37)38;1-4(8)7(11)13-6(10)3-5(9)12-2;1-8-4(7)2-3(5)6;2*1-2/h20-24,34-36H,3-19H2,1-2H3,(H,37,38)(H,39,40);3H2,1-2H3;2H2,1H3,(H,5,6);2*2H,1H3. The SMILES string of the molecule is CC(O)CC(=O)OCC(COCC(COC(=O)CC(=O)OC(=O)CCCCOC(=O)CCC(=O)O)OC(=O)CC(C)COCC(O)CO)OC(=O)CC(=O)O.CO.CO.COC(=O)CC(=O)O.COC(=O)CC(=O)OC(=O)C(C)=O. The summed E-state index contributed by atoms with van der Waals surface area (Å²) in [6.45, 7) is 0.648. The third-order valence-electron chi connectivity index (χ3n) is 7.89. The number of carbonyl (C=O) groups excluding carboxylic acids is 12. The van der Waals surface area contributed by atoms with E-state index in [2.05, 4.69) is 18.9 Å². The van der Waals surface area contributed by atoms with E-state index in [1.807, 2.05) is 0 Å². The fourth-order valence-corrected chi connectivity index (χ4v) is 4.44. The number of carboxylic acids is 3. The van der Waals surface area contributed by atoms with E-state index < -0.39 is 191 Å². The minimum absolute atomic E-state index is 0.0115. The first kappa shape index (κ1) is 81.2. The number of ketones is 1. The zero-order valence-corrected chi connectivity index (χ0v) is 45.0. The van der Waals surface area contributed by atoms with Gasteiger partial charge < -0.3 is 93.0 Å². The van der Waals surface area contributed by atoms with Gasteiger partial charge in [0.15, 0.2) is 12.2 Å². The van der Waals surface area contributed by atoms with E-state index >= 15 is 0 Å². The van der Waals surface area contributed by atoms with Gasteiger partial charge in [-0.2, -0.15) is 0 Å². The molecule has 8 N–H and O–H groups in total. The van der Waals surface area contributed by atoms with Crippen molar-refractivity contribution < 1.29 is 165 Å². The summed E-state index contributed by atoms with van der Waals surface area (Å²) in [6, 6.07) is 0. The van der Waals surface area contributed by atoms with Crippen LogP contribution in [0.25, 0.3) is 0 Å². The molecule has 0 fully saturated rings. The first-order valence-corrected chi connectivity index (χ1v) is 23.2. The number of rotatable bonds is 36. The molecule has 0 spiro atoms. The normalized spacial score (nSPS) is 11.7. The molecule has 0 aliphatic carbocycles. The van der Waals surface area contributed by atoms with Crippen molar-refractivity contribution in [2.75, 3.05) is 81.3 Å². The topological polar surface area (TPSA) is 519 Å². The minimum Gasteiger partial charge on any atom is -0.481 e. The third kappa shape index (κ3) is 56.6. The Morgan fingerprint density at radius 1 is 0.438 bits per heavy atom. The van der Waals surface area contributed by atoms with Crippen molar-refractivity contribution in [1.29, 1.82) is 0 Å². The molecule has 0 aromatic carbocycles. The van der Waals surface area contributed by atoms with E-state index in [0.29, 0.717) is 0 Å². The van der Waals surface area contributed by atoms with E-state index in [9.17, 15) is 82.1 Å². The lowest BCUT2D eigenvalue weighted by molar-refractivity contribution is -0.172. The second-order valence-electron chi connectivity index (χ2n) is 15.2. The molecule has 0 radical (unpaired) electrons. The van der Waals surface area contributed by atoms with Crippen molar-refractivity contribution in [3.05, 3.63) is 0 Å². The van der Waals surface area contributed by atoms with Gasteiger partial charge in [-0.15, -0.1) is 0 Å². The quantitative estimate of drug-likeness (QED) is 0.00999. The summed E-state index contributed by atoms with van der Waals surface area (Å²) in [6.07, 6.45) is -9.48. The maximum Gasteiger partial charge on any atom is 0.381 e. The first-order valence-electron chi connectivity index (χ1n) is 23.2. The monoisotopic (exact) mass is 1170 g/mol. The zero-order chi connectivity index (χ0) is 62.8. The van der Waals surface area contributed by atoms with Gasteiger partial charge in [0.25, 0.3) is 0 Å². The van der Waals surface area contributed by atoms with Crippen molar-refractivity contribution in [3.8, 4) is 0 Å². The first-order chi connectivity index (χ1) is 37.5. The number of hydrogen-bond acceptors (Lipinski definition) is 31. The van der Waals surface area contributed by atoms with Gasteiger partial charge in [0.1, 0.15) is 45.0 Å². The predicted molar refractivity (Wildman–Crippen MR) is 255 cm³/mol. The highest BCUT2D eigenvalue weighted by Crippen LogP contribution is 2.10. The molecular formula is C46H72O34. The lowest BCUT2D eigenvalue weighted by Gasteiger charge is -2.22. The van der Waals surface area contributed by atoms with Crippen LogP contribution < -0.4 is 0 Å². The van der Waals surface area contributed by atoms with Crippen LogP contribution in [0.5, 0.6) is 0 Å². The number of ether oxygens (including phenoxy) is 11. The van der Waals surface area contributed by atoms with Gasteiger partial charge in [-0.1, -0.05) is 6.92 Å². The average molecular weight is 1170 g/mol. The van der Waals surface area contributed by atoms with Crippen LogP contribution in [0.3, 0.4) is 0 Å². The van der Waals surface area contributed by atoms with E-state index in [0.717, 1.165) is 35.4 Å². The molecule has 0 aromatic heterocycles. The Balaban J connectivity index is -0.000000615. The third-order valence-corrected chi connectivity index (χ3v) is 7.89. The van der Waals surface area contributed by atoms with Crippen LogP contribution in [0, 0.1) is 5.92 Å². The van der Waals surface area contributed by atoms with Gasteiger partial charge in [-0.3, -0.25) is 67.1 Å². The zero-order valence-electron chi connectivity index (χ0n) is 45.0. The molecule has 34 nitrogen and oxygen atoms in total. The number of carbonyl (C=O) groups is 15. The van der Waals surface area contributed by atoms with Gasteiger partial charge in [-0.05, 0) is 25.7 Å². The number of aliphatic hydroxyl groups is 5. The fraction of sp³-hybridized carbons (Fsp3) is 0.674. The van der Waals surface area contributed by atoms with Crippen LogP contribution in [-0.4, -0.2) is 236 Å². The molecule has 34 heteroatoms. The Morgan fingerprint density at radius 2 is 0.912 bits per heavy atom. The molecule has 80 heavy (non-hydrogen) atoms. The van der Waals surface area contributed by atoms with Crippen LogP contribution in [0.4, 0.5) is 0 Å². The van der Waals surface area contributed by atoms with Crippen molar-refractivity contribution in [3.63, 3.8) is 0 Å². The van der Waals surface area contributed by atoms with Crippen molar-refractivity contribution in [2.24, 2.45) is 5.92 Å². The van der Waals surface area contributed by atoms with E-state index in [-0.39, 0.29) is 51.9 Å². The van der Waals surface area contributed by atoms with Gasteiger partial charge in [0.2, 0.25) is 5.78 Å². The molecule has 0 aliphatic heterocycles. The number of hydrogen-bond donors (Lipinski definition) is 8. The van der Waals surface area contributed by atoms with Gasteiger partial charge in [0, 0.05) is 34.2 Å². The van der Waals surface area contributed by atoms with E-state index in [4.69, 9.17) is 63.8 Å². The molecule has 0 bridgehead atoms. The number of aliphatic carboxylic acids is 3. The molecule has 0 heterocycles. The van der Waals surface area contributed by atoms with Gasteiger partial charge >= 0.3 is 83.6 Å². The predicted octanol–water partition coefficient (Wildman–Crippen LogP) is -3.35. The molecule has 460 valence electrons. The van der Waals surface area contributed by atoms with E-state index in [1.54, 1.807) is 6.92 Å². The van der Waals surface area contributed by atoms with Crippen molar-refractivity contribution in [2.45, 2.75) is 116 Å². The molecular weight excluding hydrogens is 1100 g/mol. The number of carboxylic acid groups (broad SMARTS) is 3. The highest BCUT2D eigenvalue weighted by atomic mass is 16.6. The highest BCUT2D eigenvalue weighted by molar-refractivity contribution is 6.34. The number of Topliss-reactive ketones (excluding diaryl/α,β-unsaturated/α-hetero) is 1. The molecule has 0 amide bonds. The fourth-order valence-electron chi connectivity index (χ4n) is 4.44. The van der Waals surface area contributed by atoms with Gasteiger partial charge in [0.05, 0.1) is 79.0 Å². The van der Waals surface area contributed by atoms with Crippen LogP contribution in [-0.2, 0) is 124 Å². The maximum atomic E-state index is 12.7. The van der Waals surface area contributed by atoms with Gasteiger partial charge in [-0.25, -0.2) is 4.79 Å². The van der Waals surface area contributed by atoms with E-state index in [1.165, 1.54) is 6.92 Å². The second kappa shape index (κ2) is 52.1. The van der Waals surface area contributed by atoms with Crippen LogP contribution in [0.1, 0.15) is 91.4 Å². The highest BCUT2D eigenvalue weighted by Gasteiger charge is 2.25. The Bertz CT molecular complexity index is 1930. The summed E-state index contributed by atoms with van der Waals surface area (Å²) in [5.41, 5.74) is 0. The average Bonchev–Trinajstić information content (AvgIpc) is 3.36. The molecule has 0 aliphatic rings. The molecule has 5 atom stereocenters. The number of esters is 11. The summed E-state index contributed by atoms with van der Waals surface area (Å²) in [5, 5.41) is 66.9. The van der Waals surface area contributed by atoms with Crippen molar-refractivity contribution >= 4 is 89.4 Å². The lowest BCUT2D eigenvalue weighted by Crippen LogP contribution is -2.35. The Kier molecular flexibility index (Phi) is 52.9. The molecule has 0 saturated carbocycles. The maximum absolute atomic E-state index is 12.7. The summed E-state index contributed by atoms with van der Waals surface area (Å²) < 4.78 is 52.4. The molecule has 0 aromatic rings.